The molecule has 1 aromatic rings. The van der Waals surface area contributed by atoms with E-state index in [0.29, 0.717) is 19.1 Å². The molecule has 5 heteroatoms. The van der Waals surface area contributed by atoms with Gasteiger partial charge in [0.2, 0.25) is 0 Å². The van der Waals surface area contributed by atoms with Crippen LogP contribution >= 0.6 is 0 Å². The smallest absolute Gasteiger partial charge is 0.125 e. The van der Waals surface area contributed by atoms with Crippen LogP contribution < -0.4 is 16.4 Å². The average Bonchev–Trinajstić information content (AvgIpc) is 2.58. The summed E-state index contributed by atoms with van der Waals surface area (Å²) in [5.41, 5.74) is 5.27. The van der Waals surface area contributed by atoms with Crippen molar-refractivity contribution in [1.82, 2.24) is 15.1 Å². The highest BCUT2D eigenvalue weighted by Gasteiger charge is 2.21. The highest BCUT2D eigenvalue weighted by Crippen LogP contribution is 2.16. The Morgan fingerprint density at radius 3 is 3.13 bits per heavy atom. The molecular weight excluding hydrogens is 190 g/mol. The molecule has 0 saturated carbocycles. The Labute approximate surface area is 89.0 Å². The topological polar surface area (TPSA) is 67.9 Å². The summed E-state index contributed by atoms with van der Waals surface area (Å²) in [6.07, 6.45) is 1.80. The van der Waals surface area contributed by atoms with Crippen molar-refractivity contribution in [3.63, 3.8) is 0 Å². The quantitative estimate of drug-likeness (QED) is 0.576. The zero-order valence-electron chi connectivity index (χ0n) is 8.53. The lowest BCUT2D eigenvalue weighted by Crippen LogP contribution is -2.44. The number of nitrogens with one attached hydrogen (secondary N) is 2. The van der Waals surface area contributed by atoms with Crippen LogP contribution in [-0.2, 0) is 0 Å². The van der Waals surface area contributed by atoms with E-state index in [1.54, 1.807) is 6.20 Å². The predicted molar refractivity (Wildman–Crippen MR) is 59.5 cm³/mol. The maximum absolute atomic E-state index is 5.27. The van der Waals surface area contributed by atoms with Gasteiger partial charge in [-0.2, -0.15) is 5.10 Å². The maximum atomic E-state index is 5.27. The van der Waals surface area contributed by atoms with Gasteiger partial charge < -0.3 is 16.4 Å². The van der Waals surface area contributed by atoms with Crippen molar-refractivity contribution >= 4 is 5.82 Å². The molecule has 1 aromatic heterocycles. The van der Waals surface area contributed by atoms with E-state index in [2.05, 4.69) is 27.6 Å². The van der Waals surface area contributed by atoms with E-state index >= 15 is 0 Å². The van der Waals surface area contributed by atoms with E-state index in [4.69, 9.17) is 5.73 Å². The molecule has 0 aromatic carbocycles. The van der Waals surface area contributed by atoms with Crippen LogP contribution in [0.25, 0.3) is 0 Å². The Balaban J connectivity index is 1.92. The first-order valence-corrected chi connectivity index (χ1v) is 5.05. The monoisotopic (exact) mass is 205 g/mol. The van der Waals surface area contributed by atoms with Crippen LogP contribution in [0.15, 0.2) is 12.3 Å². The third kappa shape index (κ3) is 2.29. The molecule has 1 fully saturated rings. The Hall–Kier alpha value is -1.51. The highest BCUT2D eigenvalue weighted by molar-refractivity contribution is 5.36. The van der Waals surface area contributed by atoms with E-state index in [-0.39, 0.29) is 0 Å². The summed E-state index contributed by atoms with van der Waals surface area (Å²) in [4.78, 5) is 0. The van der Waals surface area contributed by atoms with Gasteiger partial charge in [-0.25, -0.2) is 4.68 Å². The van der Waals surface area contributed by atoms with Crippen LogP contribution in [0.5, 0.6) is 0 Å². The first kappa shape index (κ1) is 10.0. The Kier molecular flexibility index (Phi) is 3.22. The van der Waals surface area contributed by atoms with Crippen molar-refractivity contribution < 1.29 is 0 Å². The van der Waals surface area contributed by atoms with Gasteiger partial charge in [-0.05, 0) is 0 Å². The number of hydrogen-bond donors (Lipinski definition) is 3. The zero-order chi connectivity index (χ0) is 10.5. The fourth-order valence-corrected chi connectivity index (χ4v) is 1.46. The summed E-state index contributed by atoms with van der Waals surface area (Å²) >= 11 is 0. The summed E-state index contributed by atoms with van der Waals surface area (Å²) in [5.74, 6) is 6.76. The molecule has 15 heavy (non-hydrogen) atoms. The summed E-state index contributed by atoms with van der Waals surface area (Å²) in [6, 6.07) is 2.44. The lowest BCUT2D eigenvalue weighted by molar-refractivity contribution is 0.321. The minimum Gasteiger partial charge on any atom is -0.359 e. The lowest BCUT2D eigenvalue weighted by atomic mass is 10.2. The van der Waals surface area contributed by atoms with Crippen LogP contribution in [0.4, 0.5) is 5.82 Å². The Bertz CT molecular complexity index is 369. The second-order valence-electron chi connectivity index (χ2n) is 3.38. The molecule has 0 radical (unpaired) electrons. The summed E-state index contributed by atoms with van der Waals surface area (Å²) in [5, 5.41) is 10.7. The molecule has 1 aliphatic rings. The van der Waals surface area contributed by atoms with Gasteiger partial charge in [-0.15, -0.1) is 0 Å². The number of rotatable bonds is 3. The fourth-order valence-electron chi connectivity index (χ4n) is 1.46. The predicted octanol–water partition coefficient (Wildman–Crippen LogP) is -0.599. The van der Waals surface area contributed by atoms with Crippen LogP contribution in [-0.4, -0.2) is 36.0 Å². The van der Waals surface area contributed by atoms with Gasteiger partial charge in [0.25, 0.3) is 0 Å². The van der Waals surface area contributed by atoms with Gasteiger partial charge in [0.1, 0.15) is 5.82 Å². The third-order valence-electron chi connectivity index (χ3n) is 2.36. The highest BCUT2D eigenvalue weighted by atomic mass is 15.4. The first-order chi connectivity index (χ1) is 7.42. The van der Waals surface area contributed by atoms with E-state index in [0.717, 1.165) is 18.9 Å². The van der Waals surface area contributed by atoms with Gasteiger partial charge >= 0.3 is 0 Å². The normalized spacial score (nSPS) is 15.3. The molecule has 80 valence electrons. The molecule has 2 rings (SSSR count). The molecule has 0 unspecified atom stereocenters. The molecule has 4 N–H and O–H groups in total. The van der Waals surface area contributed by atoms with Crippen LogP contribution in [0.2, 0.25) is 0 Å². The molecule has 0 bridgehead atoms. The fraction of sp³-hybridized carbons (Fsp3) is 0.500. The second-order valence-corrected chi connectivity index (χ2v) is 3.38. The Morgan fingerprint density at radius 1 is 1.60 bits per heavy atom. The SMILES string of the molecule is NCC#CCNc1ccnn1C1CNC1. The van der Waals surface area contributed by atoms with E-state index in [1.807, 2.05) is 10.7 Å². The van der Waals surface area contributed by atoms with Crippen molar-refractivity contribution in [2.75, 3.05) is 31.5 Å². The number of nitrogens with zero attached hydrogens (tertiary/aromatic N) is 2. The standard InChI is InChI=1S/C10H15N5/c11-4-1-2-5-13-10-3-6-14-15(10)9-7-12-8-9/h3,6,9,12-13H,4-5,7-8,11H2. The van der Waals surface area contributed by atoms with Crippen molar-refractivity contribution in [2.24, 2.45) is 5.73 Å². The van der Waals surface area contributed by atoms with Crippen molar-refractivity contribution in [2.45, 2.75) is 6.04 Å². The van der Waals surface area contributed by atoms with E-state index < -0.39 is 0 Å². The van der Waals surface area contributed by atoms with Gasteiger partial charge in [-0.3, -0.25) is 0 Å². The number of anilines is 1. The molecule has 0 atom stereocenters. The molecule has 0 aliphatic carbocycles. The second kappa shape index (κ2) is 4.82. The van der Waals surface area contributed by atoms with Crippen molar-refractivity contribution in [1.29, 1.82) is 0 Å². The van der Waals surface area contributed by atoms with Crippen molar-refractivity contribution in [3.05, 3.63) is 12.3 Å². The first-order valence-electron chi connectivity index (χ1n) is 5.05. The minimum absolute atomic E-state index is 0.410. The van der Waals surface area contributed by atoms with Crippen LogP contribution in [0.1, 0.15) is 6.04 Å². The van der Waals surface area contributed by atoms with Gasteiger partial charge in [0.05, 0.1) is 25.3 Å². The Morgan fingerprint density at radius 2 is 2.47 bits per heavy atom. The van der Waals surface area contributed by atoms with Crippen LogP contribution in [0.3, 0.4) is 0 Å². The zero-order valence-corrected chi connectivity index (χ0v) is 8.53. The number of nitrogens with two attached hydrogens (primary N) is 1. The molecule has 2 heterocycles. The van der Waals surface area contributed by atoms with E-state index in [9.17, 15) is 0 Å². The third-order valence-corrected chi connectivity index (χ3v) is 2.36. The minimum atomic E-state index is 0.410. The van der Waals surface area contributed by atoms with Gasteiger partial charge in [0, 0.05) is 19.2 Å². The molecule has 0 amide bonds. The molecule has 5 nitrogen and oxygen atoms in total. The molecule has 1 aliphatic heterocycles. The maximum Gasteiger partial charge on any atom is 0.125 e. The molecule has 1 saturated heterocycles. The molecule has 0 spiro atoms. The summed E-state index contributed by atoms with van der Waals surface area (Å²) < 4.78 is 2.00. The van der Waals surface area contributed by atoms with E-state index in [1.165, 1.54) is 0 Å². The van der Waals surface area contributed by atoms with Crippen LogP contribution in [0, 0.1) is 11.8 Å². The molecular formula is C10H15N5. The van der Waals surface area contributed by atoms with Gasteiger partial charge in [-0.1, -0.05) is 11.8 Å². The lowest BCUT2D eigenvalue weighted by Gasteiger charge is -2.28. The van der Waals surface area contributed by atoms with Gasteiger partial charge in [0.15, 0.2) is 0 Å². The summed E-state index contributed by atoms with van der Waals surface area (Å²) in [7, 11) is 0. The van der Waals surface area contributed by atoms with Crippen molar-refractivity contribution in [3.8, 4) is 11.8 Å². The summed E-state index contributed by atoms with van der Waals surface area (Å²) in [6.45, 7) is 3.01. The average molecular weight is 205 g/mol. The largest absolute Gasteiger partial charge is 0.359 e. The number of hydrogen-bond acceptors (Lipinski definition) is 4. The number of aromatic nitrogens is 2.